The SMILES string of the molecule is COc1cccc2c(NCC3CCSC3)nccc12. The van der Waals surface area contributed by atoms with Crippen molar-refractivity contribution >= 4 is 28.4 Å². The van der Waals surface area contributed by atoms with Gasteiger partial charge in [-0.2, -0.15) is 11.8 Å². The van der Waals surface area contributed by atoms with Gasteiger partial charge in [-0.05, 0) is 36.0 Å². The molecule has 1 aromatic carbocycles. The molecule has 3 nitrogen and oxygen atoms in total. The molecule has 2 aromatic rings. The first-order chi connectivity index (χ1) is 9.38. The quantitative estimate of drug-likeness (QED) is 0.926. The molecule has 4 heteroatoms. The molecule has 0 bridgehead atoms. The van der Waals surface area contributed by atoms with Crippen molar-refractivity contribution < 1.29 is 4.74 Å². The highest BCUT2D eigenvalue weighted by atomic mass is 32.2. The minimum absolute atomic E-state index is 0.771. The van der Waals surface area contributed by atoms with Gasteiger partial charge in [0, 0.05) is 23.5 Å². The Morgan fingerprint density at radius 3 is 3.11 bits per heavy atom. The highest BCUT2D eigenvalue weighted by Crippen LogP contribution is 2.30. The van der Waals surface area contributed by atoms with Crippen molar-refractivity contribution in [2.45, 2.75) is 6.42 Å². The minimum Gasteiger partial charge on any atom is -0.496 e. The highest BCUT2D eigenvalue weighted by molar-refractivity contribution is 7.99. The number of methoxy groups -OCH3 is 1. The van der Waals surface area contributed by atoms with E-state index in [1.54, 1.807) is 7.11 Å². The molecular formula is C15H18N2OS. The van der Waals surface area contributed by atoms with Gasteiger partial charge in [0.1, 0.15) is 11.6 Å². The highest BCUT2D eigenvalue weighted by Gasteiger charge is 2.15. The number of thioether (sulfide) groups is 1. The molecule has 0 amide bonds. The first-order valence-electron chi connectivity index (χ1n) is 6.62. The van der Waals surface area contributed by atoms with Crippen LogP contribution in [0.5, 0.6) is 5.75 Å². The summed E-state index contributed by atoms with van der Waals surface area (Å²) >= 11 is 2.05. The lowest BCUT2D eigenvalue weighted by atomic mass is 10.1. The molecule has 2 heterocycles. The zero-order valence-electron chi connectivity index (χ0n) is 11.1. The Hall–Kier alpha value is -1.42. The Balaban J connectivity index is 1.86. The fraction of sp³-hybridized carbons (Fsp3) is 0.400. The molecular weight excluding hydrogens is 256 g/mol. The number of benzene rings is 1. The average Bonchev–Trinajstić information content (AvgIpc) is 2.97. The molecule has 1 N–H and O–H groups in total. The van der Waals surface area contributed by atoms with Gasteiger partial charge >= 0.3 is 0 Å². The van der Waals surface area contributed by atoms with Gasteiger partial charge in [-0.1, -0.05) is 12.1 Å². The van der Waals surface area contributed by atoms with Gasteiger partial charge < -0.3 is 10.1 Å². The van der Waals surface area contributed by atoms with Crippen LogP contribution in [0.15, 0.2) is 30.5 Å². The van der Waals surface area contributed by atoms with Gasteiger partial charge in [0.05, 0.1) is 7.11 Å². The van der Waals surface area contributed by atoms with Crippen molar-refractivity contribution in [3.63, 3.8) is 0 Å². The zero-order valence-corrected chi connectivity index (χ0v) is 11.9. The smallest absolute Gasteiger partial charge is 0.133 e. The average molecular weight is 274 g/mol. The third kappa shape index (κ3) is 2.63. The molecule has 0 saturated carbocycles. The van der Waals surface area contributed by atoms with Crippen molar-refractivity contribution in [3.05, 3.63) is 30.5 Å². The van der Waals surface area contributed by atoms with Crippen LogP contribution in [-0.4, -0.2) is 30.1 Å². The van der Waals surface area contributed by atoms with Crippen LogP contribution in [0.3, 0.4) is 0 Å². The maximum absolute atomic E-state index is 5.40. The van der Waals surface area contributed by atoms with Crippen LogP contribution in [-0.2, 0) is 0 Å². The summed E-state index contributed by atoms with van der Waals surface area (Å²) in [5, 5.41) is 5.75. The summed E-state index contributed by atoms with van der Waals surface area (Å²) in [6, 6.07) is 8.10. The van der Waals surface area contributed by atoms with Crippen molar-refractivity contribution in [2.75, 3.05) is 30.5 Å². The van der Waals surface area contributed by atoms with Gasteiger partial charge in [-0.25, -0.2) is 4.98 Å². The topological polar surface area (TPSA) is 34.1 Å². The molecule has 1 aliphatic rings. The predicted molar refractivity (Wildman–Crippen MR) is 82.2 cm³/mol. The van der Waals surface area contributed by atoms with E-state index >= 15 is 0 Å². The van der Waals surface area contributed by atoms with Gasteiger partial charge in [0.25, 0.3) is 0 Å². The fourth-order valence-electron chi connectivity index (χ4n) is 2.48. The van der Waals surface area contributed by atoms with E-state index in [9.17, 15) is 0 Å². The largest absolute Gasteiger partial charge is 0.496 e. The molecule has 1 fully saturated rings. The molecule has 100 valence electrons. The van der Waals surface area contributed by atoms with Crippen LogP contribution in [0.2, 0.25) is 0 Å². The Bertz CT molecular complexity index is 567. The number of fused-ring (bicyclic) bond motifs is 1. The summed E-state index contributed by atoms with van der Waals surface area (Å²) in [5.74, 6) is 5.20. The van der Waals surface area contributed by atoms with E-state index < -0.39 is 0 Å². The van der Waals surface area contributed by atoms with Crippen LogP contribution in [0.25, 0.3) is 10.8 Å². The number of nitrogens with one attached hydrogen (secondary N) is 1. The number of pyridine rings is 1. The maximum atomic E-state index is 5.40. The van der Waals surface area contributed by atoms with Crippen LogP contribution in [0.1, 0.15) is 6.42 Å². The van der Waals surface area contributed by atoms with E-state index in [0.717, 1.165) is 34.8 Å². The van der Waals surface area contributed by atoms with Crippen LogP contribution >= 0.6 is 11.8 Å². The van der Waals surface area contributed by atoms with Gasteiger partial charge in [0.2, 0.25) is 0 Å². The summed E-state index contributed by atoms with van der Waals surface area (Å²) in [7, 11) is 1.71. The molecule has 0 aliphatic carbocycles. The third-order valence-electron chi connectivity index (χ3n) is 3.57. The minimum atomic E-state index is 0.771. The molecule has 1 aliphatic heterocycles. The first kappa shape index (κ1) is 12.6. The monoisotopic (exact) mass is 274 g/mol. The number of hydrogen-bond acceptors (Lipinski definition) is 4. The summed E-state index contributed by atoms with van der Waals surface area (Å²) in [6.07, 6.45) is 3.16. The van der Waals surface area contributed by atoms with Crippen LogP contribution in [0, 0.1) is 5.92 Å². The summed E-state index contributed by atoms with van der Waals surface area (Å²) in [4.78, 5) is 4.47. The van der Waals surface area contributed by atoms with E-state index in [1.165, 1.54) is 17.9 Å². The van der Waals surface area contributed by atoms with E-state index in [-0.39, 0.29) is 0 Å². The normalized spacial score (nSPS) is 18.7. The lowest BCUT2D eigenvalue weighted by molar-refractivity contribution is 0.420. The molecule has 0 spiro atoms. The van der Waals surface area contributed by atoms with Crippen molar-refractivity contribution in [2.24, 2.45) is 5.92 Å². The van der Waals surface area contributed by atoms with Gasteiger partial charge in [-0.3, -0.25) is 0 Å². The van der Waals surface area contributed by atoms with Crippen LogP contribution < -0.4 is 10.1 Å². The van der Waals surface area contributed by atoms with Crippen LogP contribution in [0.4, 0.5) is 5.82 Å². The molecule has 1 saturated heterocycles. The Kier molecular flexibility index (Phi) is 3.78. The molecule has 1 atom stereocenters. The van der Waals surface area contributed by atoms with Crippen molar-refractivity contribution in [3.8, 4) is 5.75 Å². The molecule has 3 rings (SSSR count). The standard InChI is InChI=1S/C15H18N2OS/c1-18-14-4-2-3-13-12(14)5-7-16-15(13)17-9-11-6-8-19-10-11/h2-5,7,11H,6,8-10H2,1H3,(H,16,17). The predicted octanol–water partition coefficient (Wildman–Crippen LogP) is 3.41. The van der Waals surface area contributed by atoms with E-state index in [1.807, 2.05) is 36.2 Å². The summed E-state index contributed by atoms with van der Waals surface area (Å²) in [5.41, 5.74) is 0. The lowest BCUT2D eigenvalue weighted by Crippen LogP contribution is -2.14. The lowest BCUT2D eigenvalue weighted by Gasteiger charge is -2.13. The van der Waals surface area contributed by atoms with E-state index in [0.29, 0.717) is 0 Å². The van der Waals surface area contributed by atoms with E-state index in [4.69, 9.17) is 4.74 Å². The van der Waals surface area contributed by atoms with Gasteiger partial charge in [0.15, 0.2) is 0 Å². The van der Waals surface area contributed by atoms with Gasteiger partial charge in [-0.15, -0.1) is 0 Å². The maximum Gasteiger partial charge on any atom is 0.133 e. The Morgan fingerprint density at radius 2 is 2.32 bits per heavy atom. The van der Waals surface area contributed by atoms with E-state index in [2.05, 4.69) is 16.4 Å². The third-order valence-corrected chi connectivity index (χ3v) is 4.80. The molecule has 1 aromatic heterocycles. The Labute approximate surface area is 117 Å². The number of aromatic nitrogens is 1. The zero-order chi connectivity index (χ0) is 13.1. The molecule has 0 radical (unpaired) electrons. The number of ether oxygens (including phenoxy) is 1. The fourth-order valence-corrected chi connectivity index (χ4v) is 3.77. The number of anilines is 1. The second kappa shape index (κ2) is 5.70. The molecule has 1 unspecified atom stereocenters. The van der Waals surface area contributed by atoms with Crippen molar-refractivity contribution in [1.82, 2.24) is 4.98 Å². The van der Waals surface area contributed by atoms with Crippen molar-refractivity contribution in [1.29, 1.82) is 0 Å². The Morgan fingerprint density at radius 1 is 1.37 bits per heavy atom. The number of rotatable bonds is 4. The number of hydrogen-bond donors (Lipinski definition) is 1. The summed E-state index contributed by atoms with van der Waals surface area (Å²) in [6.45, 7) is 1.01. The summed E-state index contributed by atoms with van der Waals surface area (Å²) < 4.78 is 5.40. The molecule has 19 heavy (non-hydrogen) atoms. The second-order valence-corrected chi connectivity index (χ2v) is 5.98. The second-order valence-electron chi connectivity index (χ2n) is 4.83. The first-order valence-corrected chi connectivity index (χ1v) is 7.77. The number of nitrogens with zero attached hydrogens (tertiary/aromatic N) is 1.